The van der Waals surface area contributed by atoms with E-state index in [0.29, 0.717) is 17.9 Å². The molecule has 3 rings (SSSR count). The summed E-state index contributed by atoms with van der Waals surface area (Å²) in [7, 11) is 1.43. The number of phenols is 1. The van der Waals surface area contributed by atoms with E-state index < -0.39 is 48.4 Å². The van der Waals surface area contributed by atoms with Crippen LogP contribution in [-0.2, 0) is 19.0 Å². The molecule has 0 amide bonds. The Morgan fingerprint density at radius 3 is 2.60 bits per heavy atom. The van der Waals surface area contributed by atoms with Gasteiger partial charge in [-0.3, -0.25) is 4.79 Å². The number of epoxide rings is 1. The van der Waals surface area contributed by atoms with Crippen LogP contribution in [0.3, 0.4) is 0 Å². The van der Waals surface area contributed by atoms with Crippen LogP contribution in [0.5, 0.6) is 11.5 Å². The number of hydrogen-bond acceptors (Lipinski definition) is 9. The Labute approximate surface area is 174 Å². The molecule has 6 unspecified atom stereocenters. The number of carbonyl (C=O) groups is 2. The van der Waals surface area contributed by atoms with Gasteiger partial charge in [-0.25, -0.2) is 4.79 Å². The molecular formula is C21H28O9. The van der Waals surface area contributed by atoms with Crippen molar-refractivity contribution in [2.24, 2.45) is 0 Å². The number of rotatable bonds is 3. The number of carbonyl (C=O) groups excluding carboxylic acids is 2. The predicted octanol–water partition coefficient (Wildman–Crippen LogP) is 1.27. The fourth-order valence-electron chi connectivity index (χ4n) is 3.81. The maximum atomic E-state index is 12.8. The first-order valence-corrected chi connectivity index (χ1v) is 10.0. The van der Waals surface area contributed by atoms with Gasteiger partial charge >= 0.3 is 5.97 Å². The van der Waals surface area contributed by atoms with Gasteiger partial charge in [-0.1, -0.05) is 0 Å². The molecular weight excluding hydrogens is 396 g/mol. The molecule has 1 fully saturated rings. The number of Topliss-reactive ketones (excluding diaryl/α,β-unsaturated/α-hetero) is 1. The highest BCUT2D eigenvalue weighted by atomic mass is 16.6. The van der Waals surface area contributed by atoms with Gasteiger partial charge in [0.1, 0.15) is 35.4 Å². The molecule has 0 saturated carbocycles. The van der Waals surface area contributed by atoms with Crippen molar-refractivity contribution in [3.8, 4) is 11.5 Å². The number of cyclic esters (lactones) is 1. The number of fused-ring (bicyclic) bond motifs is 3. The number of benzene rings is 1. The summed E-state index contributed by atoms with van der Waals surface area (Å²) in [5, 5.41) is 31.0. The van der Waals surface area contributed by atoms with E-state index in [-0.39, 0.29) is 30.6 Å². The minimum Gasteiger partial charge on any atom is -0.507 e. The third-order valence-electron chi connectivity index (χ3n) is 5.35. The summed E-state index contributed by atoms with van der Waals surface area (Å²) in [6.07, 6.45) is -5.20. The second kappa shape index (κ2) is 9.30. The average Bonchev–Trinajstić information content (AvgIpc) is 3.44. The summed E-state index contributed by atoms with van der Waals surface area (Å²) < 4.78 is 21.8. The second-order valence-corrected chi connectivity index (χ2v) is 7.65. The summed E-state index contributed by atoms with van der Waals surface area (Å²) in [6.45, 7) is 3.75. The predicted molar refractivity (Wildman–Crippen MR) is 103 cm³/mol. The number of phenolic OH excluding ortho intramolecular Hbond substituents is 1. The fraction of sp³-hybridized carbons (Fsp3) is 0.619. The van der Waals surface area contributed by atoms with Crippen LogP contribution in [-0.4, -0.2) is 71.3 Å². The van der Waals surface area contributed by atoms with E-state index in [1.165, 1.54) is 13.2 Å². The van der Waals surface area contributed by atoms with E-state index in [4.69, 9.17) is 18.9 Å². The molecule has 166 valence electrons. The van der Waals surface area contributed by atoms with Crippen LogP contribution in [0.2, 0.25) is 0 Å². The summed E-state index contributed by atoms with van der Waals surface area (Å²) >= 11 is 0. The van der Waals surface area contributed by atoms with Gasteiger partial charge < -0.3 is 34.3 Å². The van der Waals surface area contributed by atoms with Crippen molar-refractivity contribution in [3.63, 3.8) is 0 Å². The van der Waals surface area contributed by atoms with Crippen LogP contribution in [0.15, 0.2) is 12.1 Å². The topological polar surface area (TPSA) is 135 Å². The summed E-state index contributed by atoms with van der Waals surface area (Å²) in [6, 6.07) is 2.88. The maximum absolute atomic E-state index is 12.8. The Bertz CT molecular complexity index is 793. The number of hydrogen-bond donors (Lipinski definition) is 3. The number of aliphatic hydroxyl groups excluding tert-OH is 2. The molecule has 1 saturated heterocycles. The van der Waals surface area contributed by atoms with Gasteiger partial charge in [0, 0.05) is 37.5 Å². The van der Waals surface area contributed by atoms with Crippen LogP contribution in [0, 0.1) is 0 Å². The molecule has 0 bridgehead atoms. The number of esters is 1. The van der Waals surface area contributed by atoms with Crippen LogP contribution in [0.4, 0.5) is 0 Å². The van der Waals surface area contributed by atoms with Crippen molar-refractivity contribution in [3.05, 3.63) is 23.3 Å². The number of ether oxygens (including phenoxy) is 4. The molecule has 2 aliphatic heterocycles. The van der Waals surface area contributed by atoms with Crippen molar-refractivity contribution < 1.29 is 43.9 Å². The minimum absolute atomic E-state index is 0.0141. The largest absolute Gasteiger partial charge is 0.507 e. The van der Waals surface area contributed by atoms with Gasteiger partial charge in [-0.15, -0.1) is 0 Å². The van der Waals surface area contributed by atoms with Gasteiger partial charge in [0.05, 0.1) is 25.4 Å². The normalized spacial score (nSPS) is 32.4. The molecule has 9 heteroatoms. The Balaban J connectivity index is 1.96. The third-order valence-corrected chi connectivity index (χ3v) is 5.35. The van der Waals surface area contributed by atoms with Gasteiger partial charge in [-0.2, -0.15) is 0 Å². The van der Waals surface area contributed by atoms with E-state index in [0.717, 1.165) is 0 Å². The molecule has 1 aromatic rings. The third kappa shape index (κ3) is 4.92. The first kappa shape index (κ1) is 22.5. The first-order chi connectivity index (χ1) is 14.2. The fourth-order valence-corrected chi connectivity index (χ4v) is 3.81. The molecule has 0 aromatic heterocycles. The highest BCUT2D eigenvalue weighted by molar-refractivity contribution is 5.95. The lowest BCUT2D eigenvalue weighted by molar-refractivity contribution is -0.136. The van der Waals surface area contributed by atoms with Crippen LogP contribution in [0.1, 0.15) is 55.1 Å². The Hall–Kier alpha value is -2.20. The van der Waals surface area contributed by atoms with Crippen LogP contribution < -0.4 is 4.74 Å². The molecule has 3 N–H and O–H groups in total. The Kier molecular flexibility index (Phi) is 6.97. The zero-order chi connectivity index (χ0) is 22.0. The number of aliphatic hydroxyl groups is 2. The monoisotopic (exact) mass is 424 g/mol. The summed E-state index contributed by atoms with van der Waals surface area (Å²) in [5.41, 5.74) is 0.326. The standard InChI is InChI=1S/C21H28O9/c1-4-28-12-5-10(2)29-21(26)18-13(6-11(27-3)7-14(18)22)20-17(30-20)9-16(24)19(25)15(23)8-12/h6-7,10,12,16-17,19-20,22,24-25H,4-5,8-9H2,1-3H3. The molecule has 2 heterocycles. The SMILES string of the molecule is CCOC1CC(=O)C(O)C(O)CC2OC2c2cc(OC)cc(O)c2C(=O)OC(C)C1. The molecule has 6 atom stereocenters. The van der Waals surface area contributed by atoms with Crippen molar-refractivity contribution >= 4 is 11.8 Å². The van der Waals surface area contributed by atoms with Gasteiger partial charge in [0.25, 0.3) is 0 Å². The van der Waals surface area contributed by atoms with E-state index >= 15 is 0 Å². The zero-order valence-corrected chi connectivity index (χ0v) is 17.2. The average molecular weight is 424 g/mol. The highest BCUT2D eigenvalue weighted by Crippen LogP contribution is 2.46. The van der Waals surface area contributed by atoms with Gasteiger partial charge in [0.15, 0.2) is 5.78 Å². The lowest BCUT2D eigenvalue weighted by atomic mass is 9.95. The minimum atomic E-state index is -1.57. The van der Waals surface area contributed by atoms with Crippen LogP contribution >= 0.6 is 0 Å². The number of ketones is 1. The van der Waals surface area contributed by atoms with E-state index in [9.17, 15) is 24.9 Å². The van der Waals surface area contributed by atoms with Crippen LogP contribution in [0.25, 0.3) is 0 Å². The van der Waals surface area contributed by atoms with Gasteiger partial charge in [-0.05, 0) is 19.9 Å². The second-order valence-electron chi connectivity index (χ2n) is 7.65. The maximum Gasteiger partial charge on any atom is 0.342 e. The summed E-state index contributed by atoms with van der Waals surface area (Å²) in [5.74, 6) is -1.26. The van der Waals surface area contributed by atoms with Crippen molar-refractivity contribution in [1.82, 2.24) is 0 Å². The summed E-state index contributed by atoms with van der Waals surface area (Å²) in [4.78, 5) is 25.2. The first-order valence-electron chi connectivity index (χ1n) is 10.0. The highest BCUT2D eigenvalue weighted by Gasteiger charge is 2.46. The number of methoxy groups -OCH3 is 1. The smallest absolute Gasteiger partial charge is 0.342 e. The lowest BCUT2D eigenvalue weighted by Gasteiger charge is -2.24. The van der Waals surface area contributed by atoms with Gasteiger partial charge in [0.2, 0.25) is 0 Å². The molecule has 2 aliphatic rings. The molecule has 1 aromatic carbocycles. The molecule has 0 spiro atoms. The van der Waals surface area contributed by atoms with E-state index in [1.807, 2.05) is 0 Å². The quantitative estimate of drug-likeness (QED) is 0.484. The molecule has 30 heavy (non-hydrogen) atoms. The van der Waals surface area contributed by atoms with Crippen molar-refractivity contribution in [2.75, 3.05) is 13.7 Å². The lowest BCUT2D eigenvalue weighted by Crippen LogP contribution is -2.38. The Morgan fingerprint density at radius 2 is 1.93 bits per heavy atom. The number of aromatic hydroxyl groups is 1. The molecule has 0 radical (unpaired) electrons. The Morgan fingerprint density at radius 1 is 1.20 bits per heavy atom. The van der Waals surface area contributed by atoms with E-state index in [1.54, 1.807) is 19.9 Å². The van der Waals surface area contributed by atoms with E-state index in [2.05, 4.69) is 0 Å². The molecule has 9 nitrogen and oxygen atoms in total. The zero-order valence-electron chi connectivity index (χ0n) is 17.2. The molecule has 0 aliphatic carbocycles. The van der Waals surface area contributed by atoms with Crippen molar-refractivity contribution in [2.45, 2.75) is 69.7 Å². The van der Waals surface area contributed by atoms with Crippen molar-refractivity contribution in [1.29, 1.82) is 0 Å².